The van der Waals surface area contributed by atoms with Crippen LogP contribution in [0, 0.1) is 11.2 Å². The average molecular weight is 329 g/mol. The van der Waals surface area contributed by atoms with Gasteiger partial charge in [0.2, 0.25) is 0 Å². The van der Waals surface area contributed by atoms with Crippen molar-refractivity contribution < 1.29 is 35.5 Å². The molecule has 1 amide bonds. The summed E-state index contributed by atoms with van der Waals surface area (Å²) >= 11 is 0. The number of alkyl halides is 6. The lowest BCUT2D eigenvalue weighted by Gasteiger charge is -2.33. The summed E-state index contributed by atoms with van der Waals surface area (Å²) in [5.41, 5.74) is -4.09. The van der Waals surface area contributed by atoms with Crippen LogP contribution in [0.3, 0.4) is 0 Å². The van der Waals surface area contributed by atoms with E-state index in [1.54, 1.807) is 0 Å². The van der Waals surface area contributed by atoms with Crippen LogP contribution in [0.5, 0.6) is 0 Å². The molecule has 0 aliphatic carbocycles. The van der Waals surface area contributed by atoms with E-state index in [1.807, 2.05) is 0 Å². The van der Waals surface area contributed by atoms with Crippen LogP contribution in [0.2, 0.25) is 0 Å². The van der Waals surface area contributed by atoms with Crippen LogP contribution in [0.25, 0.3) is 0 Å². The summed E-state index contributed by atoms with van der Waals surface area (Å²) in [5.74, 6) is -1.66. The van der Waals surface area contributed by atoms with Gasteiger partial charge < -0.3 is 4.90 Å². The molecule has 0 aromatic heterocycles. The molecule has 1 aliphatic heterocycles. The zero-order chi connectivity index (χ0) is 16.8. The van der Waals surface area contributed by atoms with Gasteiger partial charge in [-0.15, -0.1) is 0 Å². The molecule has 1 saturated heterocycles. The second-order valence-corrected chi connectivity index (χ2v) is 5.06. The van der Waals surface area contributed by atoms with Gasteiger partial charge >= 0.3 is 12.4 Å². The van der Waals surface area contributed by atoms with Crippen molar-refractivity contribution in [2.24, 2.45) is 5.41 Å². The maximum atomic E-state index is 12.9. The van der Waals surface area contributed by atoms with Crippen LogP contribution in [-0.2, 0) is 0 Å². The third kappa shape index (κ3) is 2.64. The standard InChI is InChI=1S/C13H10F7NO/c14-9-3-1-8(2-4-9)10(22)21-6-5-11(7-21,12(15,16)17)13(18,19)20/h1-4H,5-7H2. The zero-order valence-electron chi connectivity index (χ0n) is 10.9. The van der Waals surface area contributed by atoms with Crippen LogP contribution in [0.4, 0.5) is 30.7 Å². The maximum absolute atomic E-state index is 12.9. The van der Waals surface area contributed by atoms with E-state index in [-0.39, 0.29) is 5.56 Å². The van der Waals surface area contributed by atoms with E-state index in [9.17, 15) is 35.5 Å². The minimum absolute atomic E-state index is 0.165. The highest BCUT2D eigenvalue weighted by molar-refractivity contribution is 5.94. The van der Waals surface area contributed by atoms with E-state index in [2.05, 4.69) is 0 Å². The van der Waals surface area contributed by atoms with Crippen molar-refractivity contribution in [3.8, 4) is 0 Å². The lowest BCUT2D eigenvalue weighted by Crippen LogP contribution is -2.52. The highest BCUT2D eigenvalue weighted by Crippen LogP contribution is 2.55. The second-order valence-electron chi connectivity index (χ2n) is 5.06. The van der Waals surface area contributed by atoms with Crippen molar-refractivity contribution in [2.75, 3.05) is 13.1 Å². The monoisotopic (exact) mass is 329 g/mol. The molecule has 1 aliphatic rings. The van der Waals surface area contributed by atoms with Crippen LogP contribution < -0.4 is 0 Å². The van der Waals surface area contributed by atoms with Crippen LogP contribution >= 0.6 is 0 Å². The molecule has 0 atom stereocenters. The Labute approximate surface area is 120 Å². The number of hydrogen-bond acceptors (Lipinski definition) is 1. The van der Waals surface area contributed by atoms with E-state index in [0.29, 0.717) is 4.90 Å². The van der Waals surface area contributed by atoms with Crippen molar-refractivity contribution in [3.05, 3.63) is 35.6 Å². The second kappa shape index (κ2) is 5.13. The lowest BCUT2D eigenvalue weighted by molar-refractivity contribution is -0.334. The smallest absolute Gasteiger partial charge is 0.337 e. The molecule has 9 heteroatoms. The Balaban J connectivity index is 2.27. The van der Waals surface area contributed by atoms with E-state index in [1.165, 1.54) is 0 Å². The van der Waals surface area contributed by atoms with Crippen molar-refractivity contribution >= 4 is 5.91 Å². The summed E-state index contributed by atoms with van der Waals surface area (Å²) in [6.07, 6.45) is -12.3. The van der Waals surface area contributed by atoms with Gasteiger partial charge in [0.25, 0.3) is 5.91 Å². The van der Waals surface area contributed by atoms with Crippen LogP contribution in [0.1, 0.15) is 16.8 Å². The molecule has 0 saturated carbocycles. The summed E-state index contributed by atoms with van der Waals surface area (Å²) in [5, 5.41) is 0. The minimum Gasteiger partial charge on any atom is -0.337 e. The Morgan fingerprint density at radius 3 is 1.91 bits per heavy atom. The molecular formula is C13H10F7NO. The van der Waals surface area contributed by atoms with E-state index >= 15 is 0 Å². The van der Waals surface area contributed by atoms with E-state index < -0.39 is 49.0 Å². The van der Waals surface area contributed by atoms with Crippen molar-refractivity contribution in [3.63, 3.8) is 0 Å². The normalized spacial score (nSPS) is 18.6. The van der Waals surface area contributed by atoms with Gasteiger partial charge in [0.1, 0.15) is 5.82 Å². The Morgan fingerprint density at radius 1 is 1.00 bits per heavy atom. The van der Waals surface area contributed by atoms with Gasteiger partial charge in [-0.3, -0.25) is 4.79 Å². The van der Waals surface area contributed by atoms with E-state index in [0.717, 1.165) is 24.3 Å². The number of amides is 1. The topological polar surface area (TPSA) is 20.3 Å². The molecule has 0 bridgehead atoms. The molecule has 1 fully saturated rings. The predicted octanol–water partition coefficient (Wildman–Crippen LogP) is 3.78. The molecule has 0 spiro atoms. The SMILES string of the molecule is O=C(c1ccc(F)cc1)N1CCC(C(F)(F)F)(C(F)(F)F)C1. The number of hydrogen-bond donors (Lipinski definition) is 0. The molecule has 2 nitrogen and oxygen atoms in total. The molecular weight excluding hydrogens is 319 g/mol. The molecule has 1 aromatic carbocycles. The number of carbonyl (C=O) groups is 1. The Morgan fingerprint density at radius 2 is 1.50 bits per heavy atom. The quantitative estimate of drug-likeness (QED) is 0.718. The average Bonchev–Trinajstić information content (AvgIpc) is 2.84. The first-order valence-electron chi connectivity index (χ1n) is 6.16. The number of nitrogens with zero attached hydrogens (tertiary/aromatic N) is 1. The van der Waals surface area contributed by atoms with Crippen LogP contribution in [0.15, 0.2) is 24.3 Å². The number of rotatable bonds is 1. The fourth-order valence-electron chi connectivity index (χ4n) is 2.38. The van der Waals surface area contributed by atoms with Crippen molar-refractivity contribution in [2.45, 2.75) is 18.8 Å². The zero-order valence-corrected chi connectivity index (χ0v) is 10.9. The number of carbonyl (C=O) groups excluding carboxylic acids is 1. The first kappa shape index (κ1) is 16.6. The third-order valence-electron chi connectivity index (χ3n) is 3.73. The molecule has 1 aromatic rings. The minimum atomic E-state index is -5.51. The van der Waals surface area contributed by atoms with E-state index in [4.69, 9.17) is 0 Å². The van der Waals surface area contributed by atoms with Gasteiger partial charge in [-0.25, -0.2) is 4.39 Å². The molecule has 0 radical (unpaired) electrons. The van der Waals surface area contributed by atoms with Gasteiger partial charge in [-0.05, 0) is 30.7 Å². The van der Waals surface area contributed by atoms with Gasteiger partial charge in [0, 0.05) is 18.7 Å². The number of likely N-dealkylation sites (tertiary alicyclic amines) is 1. The van der Waals surface area contributed by atoms with Gasteiger partial charge in [-0.2, -0.15) is 26.3 Å². The highest BCUT2D eigenvalue weighted by atomic mass is 19.4. The largest absolute Gasteiger partial charge is 0.404 e. The van der Waals surface area contributed by atoms with Gasteiger partial charge in [0.05, 0.1) is 0 Å². The molecule has 122 valence electrons. The van der Waals surface area contributed by atoms with Gasteiger partial charge in [-0.1, -0.05) is 0 Å². The molecule has 2 rings (SSSR count). The fraction of sp³-hybridized carbons (Fsp3) is 0.462. The highest BCUT2D eigenvalue weighted by Gasteiger charge is 2.72. The fourth-order valence-corrected chi connectivity index (χ4v) is 2.38. The maximum Gasteiger partial charge on any atom is 0.404 e. The molecule has 0 N–H and O–H groups in total. The summed E-state index contributed by atoms with van der Waals surface area (Å²) < 4.78 is 90.1. The summed E-state index contributed by atoms with van der Waals surface area (Å²) in [6, 6.07) is 3.84. The predicted molar refractivity (Wildman–Crippen MR) is 61.5 cm³/mol. The summed E-state index contributed by atoms with van der Waals surface area (Å²) in [7, 11) is 0. The molecule has 1 heterocycles. The Bertz CT molecular complexity index is 547. The van der Waals surface area contributed by atoms with Gasteiger partial charge in [0.15, 0.2) is 5.41 Å². The lowest BCUT2D eigenvalue weighted by atomic mass is 9.85. The third-order valence-corrected chi connectivity index (χ3v) is 3.73. The van der Waals surface area contributed by atoms with Crippen molar-refractivity contribution in [1.82, 2.24) is 4.90 Å². The first-order chi connectivity index (χ1) is 9.98. The number of halogens is 7. The first-order valence-corrected chi connectivity index (χ1v) is 6.16. The molecule has 0 unspecified atom stereocenters. The summed E-state index contributed by atoms with van der Waals surface area (Å²) in [4.78, 5) is 12.5. The Kier molecular flexibility index (Phi) is 3.87. The number of benzene rings is 1. The van der Waals surface area contributed by atoms with Crippen molar-refractivity contribution in [1.29, 1.82) is 0 Å². The molecule has 22 heavy (non-hydrogen) atoms. The van der Waals surface area contributed by atoms with Crippen LogP contribution in [-0.4, -0.2) is 36.2 Å². The Hall–Kier alpha value is -1.80. The summed E-state index contributed by atoms with van der Waals surface area (Å²) in [6.45, 7) is -2.16.